The van der Waals surface area contributed by atoms with Gasteiger partial charge in [0.05, 0.1) is 19.7 Å². The van der Waals surface area contributed by atoms with Crippen LogP contribution >= 0.6 is 0 Å². The number of nitrogens with one attached hydrogen (secondary N) is 1. The molecule has 1 heterocycles. The Labute approximate surface area is 174 Å². The van der Waals surface area contributed by atoms with E-state index < -0.39 is 17.3 Å². The second-order valence-electron chi connectivity index (χ2n) is 6.53. The molecule has 1 aliphatic rings. The molecule has 0 saturated carbocycles. The number of carboxylic acids is 1. The van der Waals surface area contributed by atoms with Crippen molar-refractivity contribution in [3.8, 4) is 11.5 Å². The van der Waals surface area contributed by atoms with Gasteiger partial charge in [-0.3, -0.25) is 4.79 Å². The molecule has 7 heteroatoms. The first kappa shape index (κ1) is 21.0. The Kier molecular flexibility index (Phi) is 6.75. The number of benzene rings is 2. The first-order valence-corrected chi connectivity index (χ1v) is 9.56. The summed E-state index contributed by atoms with van der Waals surface area (Å²) in [4.78, 5) is 24.1. The van der Waals surface area contributed by atoms with Crippen LogP contribution in [0.25, 0.3) is 6.08 Å². The van der Waals surface area contributed by atoms with Gasteiger partial charge in [-0.2, -0.15) is 0 Å². The van der Waals surface area contributed by atoms with Crippen molar-refractivity contribution in [1.29, 1.82) is 0 Å². The van der Waals surface area contributed by atoms with Gasteiger partial charge in [-0.05, 0) is 42.3 Å². The van der Waals surface area contributed by atoms with Gasteiger partial charge in [-0.1, -0.05) is 37.6 Å². The van der Waals surface area contributed by atoms with E-state index in [9.17, 15) is 14.7 Å². The van der Waals surface area contributed by atoms with Crippen molar-refractivity contribution in [1.82, 2.24) is 0 Å². The fourth-order valence-electron chi connectivity index (χ4n) is 2.83. The molecule has 0 aromatic heterocycles. The molecular formula is C23H22NO6-. The second-order valence-corrected chi connectivity index (χ2v) is 6.53. The first-order valence-electron chi connectivity index (χ1n) is 9.56. The number of unbranched alkanes of at least 4 members (excludes halogenated alkanes) is 1. The minimum absolute atomic E-state index is 0.127. The summed E-state index contributed by atoms with van der Waals surface area (Å²) in [5, 5.41) is 14.3. The maximum absolute atomic E-state index is 12.6. The van der Waals surface area contributed by atoms with Gasteiger partial charge in [0.2, 0.25) is 11.7 Å². The number of Topliss-reactive ketones (excluding diaryl/α,β-unsaturated/α-hetero) is 1. The number of carbonyl (C=O) groups is 2. The van der Waals surface area contributed by atoms with Crippen molar-refractivity contribution in [2.45, 2.75) is 19.8 Å². The fourth-order valence-corrected chi connectivity index (χ4v) is 2.83. The van der Waals surface area contributed by atoms with Crippen molar-refractivity contribution in [2.75, 3.05) is 19.0 Å². The van der Waals surface area contributed by atoms with Crippen molar-refractivity contribution >= 4 is 23.5 Å². The summed E-state index contributed by atoms with van der Waals surface area (Å²) in [5.74, 6) is -1.59. The number of anilines is 1. The third-order valence-electron chi connectivity index (χ3n) is 4.37. The third-order valence-corrected chi connectivity index (χ3v) is 4.37. The molecule has 0 fully saturated rings. The number of carbonyl (C=O) groups excluding carboxylic acids is 2. The molecule has 0 unspecified atom stereocenters. The predicted molar refractivity (Wildman–Crippen MR) is 110 cm³/mol. The number of methoxy groups -OCH3 is 1. The van der Waals surface area contributed by atoms with Gasteiger partial charge >= 0.3 is 0 Å². The number of allylic oxidation sites excluding steroid dienone is 1. The summed E-state index contributed by atoms with van der Waals surface area (Å²) >= 11 is 0. The highest BCUT2D eigenvalue weighted by Gasteiger charge is 2.32. The van der Waals surface area contributed by atoms with Crippen LogP contribution in [0.2, 0.25) is 0 Å². The van der Waals surface area contributed by atoms with Crippen molar-refractivity contribution in [3.05, 3.63) is 71.3 Å². The van der Waals surface area contributed by atoms with Crippen LogP contribution < -0.4 is 19.9 Å². The van der Waals surface area contributed by atoms with E-state index in [4.69, 9.17) is 14.2 Å². The molecule has 1 aliphatic heterocycles. The van der Waals surface area contributed by atoms with Crippen LogP contribution in [0.5, 0.6) is 11.5 Å². The second kappa shape index (κ2) is 9.65. The van der Waals surface area contributed by atoms with E-state index in [2.05, 4.69) is 12.2 Å². The number of hydrogen-bond acceptors (Lipinski definition) is 7. The van der Waals surface area contributed by atoms with Crippen LogP contribution in [0.15, 0.2) is 65.7 Å². The molecular weight excluding hydrogens is 386 g/mol. The van der Waals surface area contributed by atoms with Crippen LogP contribution in [0.3, 0.4) is 0 Å². The topological polar surface area (TPSA) is 96.9 Å². The van der Waals surface area contributed by atoms with Crippen molar-refractivity contribution in [3.63, 3.8) is 0 Å². The molecule has 0 saturated heterocycles. The van der Waals surface area contributed by atoms with Gasteiger partial charge in [0.25, 0.3) is 0 Å². The fraction of sp³-hybridized carbons (Fsp3) is 0.217. The Morgan fingerprint density at radius 3 is 2.60 bits per heavy atom. The Morgan fingerprint density at radius 2 is 1.93 bits per heavy atom. The van der Waals surface area contributed by atoms with E-state index in [0.717, 1.165) is 12.8 Å². The molecule has 0 amide bonds. The molecule has 0 spiro atoms. The lowest BCUT2D eigenvalue weighted by atomic mass is 10.1. The molecule has 0 aliphatic carbocycles. The standard InChI is InChI=1S/C23H23NO6/c1-3-4-12-29-18-13-15(10-11-17(18)28-2)14-19-21(25)20(23(26)27)22(30-19)24-16-8-6-5-7-9-16/h5-11,13-14,24H,3-4,12H2,1-2H3,(H,26,27)/p-1/b19-14-. The molecule has 3 rings (SSSR count). The number of carboxylic acid groups (broad SMARTS) is 1. The highest BCUT2D eigenvalue weighted by atomic mass is 16.5. The van der Waals surface area contributed by atoms with E-state index in [-0.39, 0.29) is 11.6 Å². The Balaban J connectivity index is 1.86. The minimum Gasteiger partial charge on any atom is -0.544 e. The van der Waals surface area contributed by atoms with Crippen molar-refractivity contribution in [2.24, 2.45) is 0 Å². The van der Waals surface area contributed by atoms with E-state index >= 15 is 0 Å². The Morgan fingerprint density at radius 1 is 1.17 bits per heavy atom. The lowest BCUT2D eigenvalue weighted by Crippen LogP contribution is -2.28. The number of hydrogen-bond donors (Lipinski definition) is 1. The number of aliphatic carboxylic acids is 1. The molecule has 0 radical (unpaired) electrons. The van der Waals surface area contributed by atoms with Crippen LogP contribution in [0.4, 0.5) is 5.69 Å². The summed E-state index contributed by atoms with van der Waals surface area (Å²) in [6, 6.07) is 13.9. The highest BCUT2D eigenvalue weighted by molar-refractivity contribution is 6.25. The van der Waals surface area contributed by atoms with Gasteiger partial charge in [0.1, 0.15) is 5.57 Å². The summed E-state index contributed by atoms with van der Waals surface area (Å²) in [5.41, 5.74) is 0.624. The van der Waals surface area contributed by atoms with Gasteiger partial charge in [-0.15, -0.1) is 0 Å². The summed E-state index contributed by atoms with van der Waals surface area (Å²) in [6.45, 7) is 2.59. The normalized spacial score (nSPS) is 14.6. The Hall–Kier alpha value is -3.74. The molecule has 2 aromatic rings. The van der Waals surface area contributed by atoms with Gasteiger partial charge < -0.3 is 29.4 Å². The molecule has 0 atom stereocenters. The maximum atomic E-state index is 12.6. The number of rotatable bonds is 9. The average molecular weight is 408 g/mol. The molecule has 156 valence electrons. The lowest BCUT2D eigenvalue weighted by Gasteiger charge is -2.11. The predicted octanol–water partition coefficient (Wildman–Crippen LogP) is 2.89. The van der Waals surface area contributed by atoms with E-state index in [1.54, 1.807) is 49.6 Å². The molecule has 2 aromatic carbocycles. The average Bonchev–Trinajstić information content (AvgIpc) is 3.04. The summed E-state index contributed by atoms with van der Waals surface area (Å²) in [7, 11) is 1.54. The SMILES string of the molecule is CCCCOc1cc(/C=C2\OC(Nc3ccccc3)=C(C(=O)[O-])C2=O)ccc1OC. The highest BCUT2D eigenvalue weighted by Crippen LogP contribution is 2.32. The largest absolute Gasteiger partial charge is 0.544 e. The summed E-state index contributed by atoms with van der Waals surface area (Å²) in [6.07, 6.45) is 3.34. The first-order chi connectivity index (χ1) is 14.5. The zero-order valence-corrected chi connectivity index (χ0v) is 16.8. The van der Waals surface area contributed by atoms with Gasteiger partial charge in [0.15, 0.2) is 17.3 Å². The van der Waals surface area contributed by atoms with E-state index in [0.29, 0.717) is 29.4 Å². The Bertz CT molecular complexity index is 994. The van der Waals surface area contributed by atoms with Crippen LogP contribution in [-0.2, 0) is 14.3 Å². The van der Waals surface area contributed by atoms with Crippen LogP contribution in [0.1, 0.15) is 25.3 Å². The maximum Gasteiger partial charge on any atom is 0.235 e. The number of ether oxygens (including phenoxy) is 3. The minimum atomic E-state index is -1.61. The quantitative estimate of drug-likeness (QED) is 0.387. The van der Waals surface area contributed by atoms with E-state index in [1.165, 1.54) is 6.08 Å². The van der Waals surface area contributed by atoms with Gasteiger partial charge in [0, 0.05) is 5.69 Å². The third kappa shape index (κ3) is 4.81. The number of para-hydroxylation sites is 1. The lowest BCUT2D eigenvalue weighted by molar-refractivity contribution is -0.298. The zero-order valence-electron chi connectivity index (χ0n) is 16.8. The molecule has 7 nitrogen and oxygen atoms in total. The van der Waals surface area contributed by atoms with Crippen molar-refractivity contribution < 1.29 is 28.9 Å². The number of ketones is 1. The zero-order chi connectivity index (χ0) is 21.5. The molecule has 1 N–H and O–H groups in total. The van der Waals surface area contributed by atoms with Gasteiger partial charge in [-0.25, -0.2) is 0 Å². The monoisotopic (exact) mass is 408 g/mol. The van der Waals surface area contributed by atoms with Crippen LogP contribution in [-0.4, -0.2) is 25.5 Å². The molecule has 30 heavy (non-hydrogen) atoms. The van der Waals surface area contributed by atoms with Crippen LogP contribution in [0, 0.1) is 0 Å². The molecule has 0 bridgehead atoms. The van der Waals surface area contributed by atoms with E-state index in [1.807, 2.05) is 6.07 Å². The summed E-state index contributed by atoms with van der Waals surface area (Å²) < 4.78 is 16.6. The smallest absolute Gasteiger partial charge is 0.235 e.